The van der Waals surface area contributed by atoms with Gasteiger partial charge in [-0.2, -0.15) is 0 Å². The molecule has 14 heavy (non-hydrogen) atoms. The van der Waals surface area contributed by atoms with Crippen molar-refractivity contribution in [1.29, 1.82) is 0 Å². The molecule has 0 unspecified atom stereocenters. The van der Waals surface area contributed by atoms with Gasteiger partial charge in [0, 0.05) is 0 Å². The first kappa shape index (κ1) is 9.78. The third-order valence-electron chi connectivity index (χ3n) is 1.29. The molecule has 5 N–H and O–H groups in total. The fraction of sp³-hybridized carbons (Fsp3) is 0. The largest absolute Gasteiger partial charge is 0.364 e. The number of hydrogen-bond donors (Lipinski definition) is 4. The number of anilines is 1. The van der Waals surface area contributed by atoms with Crippen LogP contribution < -0.4 is 16.6 Å². The van der Waals surface area contributed by atoms with E-state index in [-0.39, 0.29) is 5.96 Å². The maximum absolute atomic E-state index is 10.0. The normalized spacial score (nSPS) is 10.7. The van der Waals surface area contributed by atoms with Gasteiger partial charge in [0.15, 0.2) is 0 Å². The number of hydrazone groups is 1. The molecule has 0 aliphatic heterocycles. The lowest BCUT2D eigenvalue weighted by atomic mass is 10.3. The van der Waals surface area contributed by atoms with Gasteiger partial charge in [-0.15, -0.1) is 5.10 Å². The summed E-state index contributed by atoms with van der Waals surface area (Å²) in [4.78, 5) is 10.0. The molecular formula is C7H10N5O2+. The van der Waals surface area contributed by atoms with Gasteiger partial charge in [-0.25, -0.2) is 5.21 Å². The average Bonchev–Trinajstić information content (AvgIpc) is 2.15. The summed E-state index contributed by atoms with van der Waals surface area (Å²) in [6.07, 6.45) is 0. The molecule has 0 aliphatic rings. The molecule has 0 atom stereocenters. The Bertz CT molecular complexity index is 337. The van der Waals surface area contributed by atoms with Crippen LogP contribution in [0.15, 0.2) is 35.4 Å². The van der Waals surface area contributed by atoms with Crippen LogP contribution in [0.5, 0.6) is 0 Å². The number of guanidine groups is 1. The van der Waals surface area contributed by atoms with Crippen molar-refractivity contribution in [2.24, 2.45) is 10.8 Å². The van der Waals surface area contributed by atoms with Gasteiger partial charge in [0.2, 0.25) is 0 Å². The van der Waals surface area contributed by atoms with Gasteiger partial charge >= 0.3 is 5.03 Å². The quantitative estimate of drug-likeness (QED) is 0.309. The van der Waals surface area contributed by atoms with Gasteiger partial charge in [0.05, 0.1) is 5.69 Å². The molecule has 7 nitrogen and oxygen atoms in total. The van der Waals surface area contributed by atoms with Crippen molar-refractivity contribution in [2.75, 3.05) is 5.43 Å². The summed E-state index contributed by atoms with van der Waals surface area (Å²) in [6, 6.07) is 9.01. The molecule has 1 aromatic carbocycles. The minimum Gasteiger partial charge on any atom is -0.364 e. The van der Waals surface area contributed by atoms with Gasteiger partial charge in [-0.05, 0) is 17.6 Å². The number of nitrogens with two attached hydrogens (primary N) is 1. The van der Waals surface area contributed by atoms with E-state index in [9.17, 15) is 4.91 Å². The van der Waals surface area contributed by atoms with Crippen LogP contribution in [0.2, 0.25) is 0 Å². The van der Waals surface area contributed by atoms with E-state index in [2.05, 4.69) is 10.5 Å². The lowest BCUT2D eigenvalue weighted by molar-refractivity contribution is -0.822. The third-order valence-corrected chi connectivity index (χ3v) is 1.29. The van der Waals surface area contributed by atoms with E-state index in [1.807, 2.05) is 23.6 Å². The smallest absolute Gasteiger partial charge is 0.362 e. The van der Waals surface area contributed by atoms with Crippen molar-refractivity contribution >= 4 is 11.6 Å². The van der Waals surface area contributed by atoms with Crippen molar-refractivity contribution in [1.82, 2.24) is 5.43 Å². The fourth-order valence-electron chi connectivity index (χ4n) is 0.760. The number of hydrogen-bond acceptors (Lipinski definition) is 3. The maximum Gasteiger partial charge on any atom is 0.362 e. The van der Waals surface area contributed by atoms with Gasteiger partial charge in [0.1, 0.15) is 4.91 Å². The maximum atomic E-state index is 10.0. The first-order valence-electron chi connectivity index (χ1n) is 3.75. The van der Waals surface area contributed by atoms with Gasteiger partial charge in [-0.1, -0.05) is 18.2 Å². The zero-order valence-electron chi connectivity index (χ0n) is 7.21. The first-order chi connectivity index (χ1) is 6.68. The van der Waals surface area contributed by atoms with Crippen LogP contribution in [-0.4, -0.2) is 16.2 Å². The minimum absolute atomic E-state index is 0.244. The van der Waals surface area contributed by atoms with E-state index < -0.39 is 5.03 Å². The van der Waals surface area contributed by atoms with E-state index >= 15 is 0 Å². The van der Waals surface area contributed by atoms with Crippen LogP contribution in [0.3, 0.4) is 0 Å². The molecule has 0 saturated carbocycles. The lowest BCUT2D eigenvalue weighted by Gasteiger charge is -1.98. The number of nitrogens with zero attached hydrogens (tertiary/aromatic N) is 2. The molecule has 7 heteroatoms. The highest BCUT2D eigenvalue weighted by Gasteiger charge is 2.03. The molecule has 0 heterocycles. The summed E-state index contributed by atoms with van der Waals surface area (Å²) in [5, 5.41) is 11.2. The molecule has 0 radical (unpaired) electrons. The monoisotopic (exact) mass is 196 g/mol. The Kier molecular flexibility index (Phi) is 3.25. The molecule has 0 bridgehead atoms. The predicted octanol–water partition coefficient (Wildman–Crippen LogP) is 0.000900. The van der Waals surface area contributed by atoms with E-state index in [1.165, 1.54) is 0 Å². The van der Waals surface area contributed by atoms with Crippen molar-refractivity contribution in [3.63, 3.8) is 0 Å². The Morgan fingerprint density at radius 3 is 2.64 bits per heavy atom. The summed E-state index contributed by atoms with van der Waals surface area (Å²) in [5.74, 6) is -0.244. The number of hydrazine groups is 1. The highest BCUT2D eigenvalue weighted by Crippen LogP contribution is 2.03. The molecule has 0 spiro atoms. The van der Waals surface area contributed by atoms with E-state index in [1.54, 1.807) is 12.1 Å². The molecule has 0 fully saturated rings. The summed E-state index contributed by atoms with van der Waals surface area (Å²) >= 11 is 0. The second-order valence-corrected chi connectivity index (χ2v) is 2.36. The second-order valence-electron chi connectivity index (χ2n) is 2.36. The van der Waals surface area contributed by atoms with Gasteiger partial charge in [0.25, 0.3) is 5.96 Å². The van der Waals surface area contributed by atoms with E-state index in [4.69, 9.17) is 10.9 Å². The topological polar surface area (TPSA) is 103 Å². The van der Waals surface area contributed by atoms with Crippen molar-refractivity contribution < 1.29 is 10.2 Å². The standard InChI is InChI=1S/C7H10N5O2/c8-7(11-12(13)14)10-9-6-4-2-1-3-5-6/h1-5,9H,(H,13,14)(H3,8,10,11)/q+1. The molecule has 0 amide bonds. The zero-order chi connectivity index (χ0) is 10.4. The van der Waals surface area contributed by atoms with Gasteiger partial charge in [-0.3, -0.25) is 5.43 Å². The van der Waals surface area contributed by atoms with Crippen LogP contribution in [0, 0.1) is 4.91 Å². The SMILES string of the molecule is N/C(=N\Nc1ccccc1)N[N+](=O)O. The molecule has 0 aromatic heterocycles. The Labute approximate surface area is 79.7 Å². The molecule has 1 aromatic rings. The average molecular weight is 196 g/mol. The number of benzene rings is 1. The van der Waals surface area contributed by atoms with Crippen LogP contribution in [0.4, 0.5) is 5.69 Å². The highest BCUT2D eigenvalue weighted by molar-refractivity contribution is 5.77. The van der Waals surface area contributed by atoms with Crippen molar-refractivity contribution in [2.45, 2.75) is 0 Å². The highest BCUT2D eigenvalue weighted by atomic mass is 16.7. The molecular weight excluding hydrogens is 186 g/mol. The lowest BCUT2D eigenvalue weighted by Crippen LogP contribution is -2.37. The molecule has 74 valence electrons. The summed E-state index contributed by atoms with van der Waals surface area (Å²) in [7, 11) is 0. The Hall–Kier alpha value is -2.31. The summed E-state index contributed by atoms with van der Waals surface area (Å²) in [5.41, 5.74) is 10.3. The van der Waals surface area contributed by atoms with Crippen LogP contribution in [0.1, 0.15) is 0 Å². The minimum atomic E-state index is -0.536. The Morgan fingerprint density at radius 1 is 1.43 bits per heavy atom. The first-order valence-corrected chi connectivity index (χ1v) is 3.75. The van der Waals surface area contributed by atoms with Crippen molar-refractivity contribution in [3.05, 3.63) is 35.2 Å². The van der Waals surface area contributed by atoms with E-state index in [0.29, 0.717) is 5.69 Å². The molecule has 1 rings (SSSR count). The fourth-order valence-corrected chi connectivity index (χ4v) is 0.760. The second kappa shape index (κ2) is 4.65. The summed E-state index contributed by atoms with van der Waals surface area (Å²) in [6.45, 7) is 0. The summed E-state index contributed by atoms with van der Waals surface area (Å²) < 4.78 is 0. The van der Waals surface area contributed by atoms with E-state index in [0.717, 1.165) is 0 Å². The van der Waals surface area contributed by atoms with Crippen LogP contribution in [-0.2, 0) is 0 Å². The zero-order valence-corrected chi connectivity index (χ0v) is 7.21. The van der Waals surface area contributed by atoms with Crippen LogP contribution >= 0.6 is 0 Å². The van der Waals surface area contributed by atoms with Crippen LogP contribution in [0.25, 0.3) is 0 Å². The molecule has 0 aliphatic carbocycles. The molecule has 0 saturated heterocycles. The van der Waals surface area contributed by atoms with Crippen molar-refractivity contribution in [3.8, 4) is 0 Å². The predicted molar refractivity (Wildman–Crippen MR) is 50.2 cm³/mol. The number of para-hydroxylation sites is 1. The Balaban J connectivity index is 2.51. The third kappa shape index (κ3) is 3.39. The number of nitrogens with one attached hydrogen (secondary N) is 2. The Morgan fingerprint density at radius 2 is 2.07 bits per heavy atom. The number of rotatable bonds is 3. The van der Waals surface area contributed by atoms with Gasteiger partial charge < -0.3 is 5.73 Å².